The Morgan fingerprint density at radius 2 is 2.42 bits per heavy atom. The zero-order valence-corrected chi connectivity index (χ0v) is 6.20. The summed E-state index contributed by atoms with van der Waals surface area (Å²) in [4.78, 5) is 0. The van der Waals surface area contributed by atoms with Gasteiger partial charge in [0.2, 0.25) is 5.88 Å². The van der Waals surface area contributed by atoms with Crippen LogP contribution in [0.15, 0.2) is 10.5 Å². The Labute approximate surface area is 68.8 Å². The first-order valence-corrected chi connectivity index (χ1v) is 3.44. The van der Waals surface area contributed by atoms with Gasteiger partial charge in [-0.15, -0.1) is 0 Å². The number of furan rings is 1. The summed E-state index contributed by atoms with van der Waals surface area (Å²) in [6, 6.07) is 1.93. The summed E-state index contributed by atoms with van der Waals surface area (Å²) < 4.78 is 10.3. The molecule has 0 radical (unpaired) electrons. The average Bonchev–Trinajstić information content (AvgIpc) is 2.40. The molecule has 0 atom stereocenters. The topological polar surface area (TPSA) is 72.2 Å². The molecule has 0 saturated carbocycles. The highest BCUT2D eigenvalue weighted by Gasteiger charge is 2.19. The standard InChI is InChI=1S/C8H6N2O2/c9-4-5-7-6(12-8(5)10)2-1-3-11-7/h1-2H,3,10H2. The molecule has 1 aliphatic heterocycles. The predicted octanol–water partition coefficient (Wildman–Crippen LogP) is 1.14. The van der Waals surface area contributed by atoms with E-state index in [9.17, 15) is 0 Å². The fourth-order valence-corrected chi connectivity index (χ4v) is 1.10. The van der Waals surface area contributed by atoms with E-state index in [4.69, 9.17) is 20.1 Å². The normalized spacial score (nSPS) is 13.2. The lowest BCUT2D eigenvalue weighted by molar-refractivity contribution is 0.349. The summed E-state index contributed by atoms with van der Waals surface area (Å²) in [5.41, 5.74) is 5.72. The molecule has 2 heterocycles. The maximum atomic E-state index is 8.67. The van der Waals surface area contributed by atoms with Crippen LogP contribution in [0.3, 0.4) is 0 Å². The minimum Gasteiger partial charge on any atom is -0.484 e. The van der Waals surface area contributed by atoms with Gasteiger partial charge in [0.25, 0.3) is 0 Å². The largest absolute Gasteiger partial charge is 0.484 e. The highest BCUT2D eigenvalue weighted by molar-refractivity contribution is 5.66. The number of rotatable bonds is 0. The summed E-state index contributed by atoms with van der Waals surface area (Å²) in [5.74, 6) is 1.10. The summed E-state index contributed by atoms with van der Waals surface area (Å²) >= 11 is 0. The number of nitrogens with two attached hydrogens (primary N) is 1. The highest BCUT2D eigenvalue weighted by Crippen LogP contribution is 2.34. The number of fused-ring (bicyclic) bond motifs is 1. The van der Waals surface area contributed by atoms with Crippen LogP contribution in [0.25, 0.3) is 6.08 Å². The number of nitriles is 1. The molecular formula is C8H6N2O2. The Morgan fingerprint density at radius 3 is 3.17 bits per heavy atom. The van der Waals surface area contributed by atoms with Gasteiger partial charge in [-0.25, -0.2) is 0 Å². The van der Waals surface area contributed by atoms with Crippen molar-refractivity contribution < 1.29 is 9.15 Å². The summed E-state index contributed by atoms with van der Waals surface area (Å²) in [6.07, 6.45) is 3.54. The molecule has 2 rings (SSSR count). The highest BCUT2D eigenvalue weighted by atomic mass is 16.5. The van der Waals surface area contributed by atoms with Crippen molar-refractivity contribution in [1.29, 1.82) is 5.26 Å². The van der Waals surface area contributed by atoms with Gasteiger partial charge >= 0.3 is 0 Å². The Morgan fingerprint density at radius 1 is 1.58 bits per heavy atom. The minimum atomic E-state index is 0.119. The van der Waals surface area contributed by atoms with E-state index in [-0.39, 0.29) is 11.4 Å². The van der Waals surface area contributed by atoms with Crippen LogP contribution in [0, 0.1) is 11.3 Å². The van der Waals surface area contributed by atoms with Gasteiger partial charge in [0.1, 0.15) is 12.7 Å². The molecule has 1 aromatic rings. The van der Waals surface area contributed by atoms with E-state index in [0.29, 0.717) is 18.1 Å². The third-order valence-corrected chi connectivity index (χ3v) is 1.62. The van der Waals surface area contributed by atoms with Gasteiger partial charge in [0.05, 0.1) is 0 Å². The molecule has 0 fully saturated rings. The number of anilines is 1. The van der Waals surface area contributed by atoms with Crippen molar-refractivity contribution in [2.45, 2.75) is 0 Å². The maximum Gasteiger partial charge on any atom is 0.213 e. The van der Waals surface area contributed by atoms with Crippen molar-refractivity contribution in [2.75, 3.05) is 12.3 Å². The molecule has 4 nitrogen and oxygen atoms in total. The number of hydrogen-bond donors (Lipinski definition) is 1. The van der Waals surface area contributed by atoms with Gasteiger partial charge < -0.3 is 14.9 Å². The van der Waals surface area contributed by atoms with E-state index in [0.717, 1.165) is 0 Å². The van der Waals surface area contributed by atoms with E-state index in [1.807, 2.05) is 6.07 Å². The minimum absolute atomic E-state index is 0.119. The Balaban J connectivity index is 2.65. The fraction of sp³-hybridized carbons (Fsp3) is 0.125. The van der Waals surface area contributed by atoms with E-state index >= 15 is 0 Å². The smallest absolute Gasteiger partial charge is 0.213 e. The number of hydrogen-bond acceptors (Lipinski definition) is 4. The van der Waals surface area contributed by atoms with E-state index in [2.05, 4.69) is 0 Å². The lowest BCUT2D eigenvalue weighted by Crippen LogP contribution is -1.99. The van der Waals surface area contributed by atoms with Gasteiger partial charge in [-0.05, 0) is 12.2 Å². The first-order chi connectivity index (χ1) is 5.83. The SMILES string of the molecule is N#Cc1c(N)oc2c1OCC=C2. The lowest BCUT2D eigenvalue weighted by atomic mass is 10.2. The monoisotopic (exact) mass is 162 g/mol. The first-order valence-electron chi connectivity index (χ1n) is 3.44. The molecule has 0 aliphatic carbocycles. The van der Waals surface area contributed by atoms with Crippen molar-refractivity contribution in [2.24, 2.45) is 0 Å². The number of nitrogen functional groups attached to an aromatic ring is 1. The maximum absolute atomic E-state index is 8.67. The first kappa shape index (κ1) is 6.80. The van der Waals surface area contributed by atoms with Crippen molar-refractivity contribution in [3.05, 3.63) is 17.4 Å². The second-order valence-electron chi connectivity index (χ2n) is 2.36. The molecular weight excluding hydrogens is 156 g/mol. The fourth-order valence-electron chi connectivity index (χ4n) is 1.10. The molecule has 12 heavy (non-hydrogen) atoms. The van der Waals surface area contributed by atoms with Gasteiger partial charge in [0, 0.05) is 0 Å². The predicted molar refractivity (Wildman–Crippen MR) is 42.4 cm³/mol. The third kappa shape index (κ3) is 0.768. The van der Waals surface area contributed by atoms with E-state index in [1.165, 1.54) is 0 Å². The molecule has 60 valence electrons. The van der Waals surface area contributed by atoms with Crippen LogP contribution in [-0.2, 0) is 0 Å². The Kier molecular flexibility index (Phi) is 1.31. The van der Waals surface area contributed by atoms with Crippen LogP contribution in [0.2, 0.25) is 0 Å². The second-order valence-corrected chi connectivity index (χ2v) is 2.36. The molecule has 0 bridgehead atoms. The average molecular weight is 162 g/mol. The van der Waals surface area contributed by atoms with Gasteiger partial charge in [0.15, 0.2) is 17.1 Å². The Bertz CT molecular complexity index is 384. The van der Waals surface area contributed by atoms with Crippen molar-refractivity contribution in [3.63, 3.8) is 0 Å². The Hall–Kier alpha value is -1.89. The molecule has 4 heteroatoms. The molecule has 0 aromatic carbocycles. The molecule has 2 N–H and O–H groups in total. The molecule has 0 spiro atoms. The summed E-state index contributed by atoms with van der Waals surface area (Å²) in [6.45, 7) is 0.459. The number of ether oxygens (including phenoxy) is 1. The lowest BCUT2D eigenvalue weighted by Gasteiger charge is -2.04. The third-order valence-electron chi connectivity index (χ3n) is 1.62. The van der Waals surface area contributed by atoms with Crippen molar-refractivity contribution >= 4 is 12.0 Å². The van der Waals surface area contributed by atoms with Gasteiger partial charge in [-0.1, -0.05) is 0 Å². The van der Waals surface area contributed by atoms with E-state index < -0.39 is 0 Å². The molecule has 0 saturated heterocycles. The molecule has 1 aliphatic rings. The summed E-state index contributed by atoms with van der Waals surface area (Å²) in [5, 5.41) is 8.67. The van der Waals surface area contributed by atoms with Gasteiger partial charge in [-0.3, -0.25) is 0 Å². The molecule has 0 unspecified atom stereocenters. The van der Waals surface area contributed by atoms with Crippen LogP contribution in [-0.4, -0.2) is 6.61 Å². The van der Waals surface area contributed by atoms with Crippen LogP contribution in [0.5, 0.6) is 5.75 Å². The van der Waals surface area contributed by atoms with Gasteiger partial charge in [-0.2, -0.15) is 5.26 Å². The molecule has 0 amide bonds. The van der Waals surface area contributed by atoms with Crippen molar-refractivity contribution in [1.82, 2.24) is 0 Å². The van der Waals surface area contributed by atoms with Crippen molar-refractivity contribution in [3.8, 4) is 11.8 Å². The van der Waals surface area contributed by atoms with Crippen LogP contribution >= 0.6 is 0 Å². The zero-order valence-electron chi connectivity index (χ0n) is 6.20. The van der Waals surface area contributed by atoms with Crippen LogP contribution in [0.4, 0.5) is 5.88 Å². The van der Waals surface area contributed by atoms with Crippen LogP contribution < -0.4 is 10.5 Å². The summed E-state index contributed by atoms with van der Waals surface area (Å²) in [7, 11) is 0. The van der Waals surface area contributed by atoms with E-state index in [1.54, 1.807) is 12.2 Å². The zero-order chi connectivity index (χ0) is 8.55. The second kappa shape index (κ2) is 2.31. The quantitative estimate of drug-likeness (QED) is 0.620. The number of nitrogens with zero attached hydrogens (tertiary/aromatic N) is 1. The van der Waals surface area contributed by atoms with Crippen LogP contribution in [0.1, 0.15) is 11.3 Å². The molecule has 1 aromatic heterocycles.